The molecule has 4 rings (SSSR count). The number of aromatic nitrogens is 2. The van der Waals surface area contributed by atoms with E-state index in [0.717, 1.165) is 48.0 Å². The van der Waals surface area contributed by atoms with Gasteiger partial charge in [0, 0.05) is 25.0 Å². The molecule has 0 unspecified atom stereocenters. The average molecular weight is 432 g/mol. The summed E-state index contributed by atoms with van der Waals surface area (Å²) in [6.45, 7) is 7.03. The minimum atomic E-state index is -0.0512. The van der Waals surface area contributed by atoms with Gasteiger partial charge >= 0.3 is 0 Å². The molecular weight excluding hydrogens is 406 g/mol. The van der Waals surface area contributed by atoms with Gasteiger partial charge in [-0.3, -0.25) is 14.4 Å². The van der Waals surface area contributed by atoms with Crippen LogP contribution in [0.25, 0.3) is 0 Å². The maximum Gasteiger partial charge on any atom is 0.265 e. The predicted octanol–water partition coefficient (Wildman–Crippen LogP) is 3.36. The van der Waals surface area contributed by atoms with Crippen molar-refractivity contribution in [2.75, 3.05) is 24.5 Å². The molecular formula is C21H26ClN5OS. The van der Waals surface area contributed by atoms with Crippen molar-refractivity contribution in [3.63, 3.8) is 0 Å². The number of halogens is 1. The smallest absolute Gasteiger partial charge is 0.265 e. The van der Waals surface area contributed by atoms with Crippen LogP contribution >= 0.6 is 23.4 Å². The lowest BCUT2D eigenvalue weighted by molar-refractivity contribution is 0.256. The summed E-state index contributed by atoms with van der Waals surface area (Å²) in [5.41, 5.74) is 8.41. The third-order valence-electron chi connectivity index (χ3n) is 6.04. The van der Waals surface area contributed by atoms with Crippen molar-refractivity contribution in [1.29, 1.82) is 0 Å². The van der Waals surface area contributed by atoms with Gasteiger partial charge in [-0.05, 0) is 43.4 Å². The number of hydrogen-bond donors (Lipinski definition) is 1. The first-order chi connectivity index (χ1) is 13.8. The highest BCUT2D eigenvalue weighted by Crippen LogP contribution is 2.35. The van der Waals surface area contributed by atoms with Crippen LogP contribution in [-0.4, -0.2) is 34.2 Å². The second-order valence-electron chi connectivity index (χ2n) is 8.21. The maximum atomic E-state index is 13.2. The van der Waals surface area contributed by atoms with Crippen molar-refractivity contribution < 1.29 is 0 Å². The number of nitrogens with zero attached hydrogens (tertiary/aromatic N) is 4. The third kappa shape index (κ3) is 3.71. The van der Waals surface area contributed by atoms with Gasteiger partial charge in [-0.25, -0.2) is 4.98 Å². The molecule has 0 saturated carbocycles. The Morgan fingerprint density at radius 1 is 1.31 bits per heavy atom. The van der Waals surface area contributed by atoms with E-state index in [1.165, 1.54) is 11.8 Å². The highest BCUT2D eigenvalue weighted by molar-refractivity contribution is 8.14. The lowest BCUT2D eigenvalue weighted by Gasteiger charge is -2.39. The van der Waals surface area contributed by atoms with Crippen LogP contribution < -0.4 is 16.2 Å². The number of benzene rings is 1. The van der Waals surface area contributed by atoms with Crippen LogP contribution in [-0.2, 0) is 13.6 Å². The van der Waals surface area contributed by atoms with Crippen LogP contribution in [0.3, 0.4) is 0 Å². The molecule has 8 heteroatoms. The number of anilines is 1. The summed E-state index contributed by atoms with van der Waals surface area (Å²) in [7, 11) is 1.79. The lowest BCUT2D eigenvalue weighted by atomic mass is 9.81. The second kappa shape index (κ2) is 7.78. The van der Waals surface area contributed by atoms with Crippen LogP contribution in [0, 0.1) is 12.3 Å². The van der Waals surface area contributed by atoms with Gasteiger partial charge in [0.25, 0.3) is 5.56 Å². The van der Waals surface area contributed by atoms with Gasteiger partial charge < -0.3 is 10.6 Å². The van der Waals surface area contributed by atoms with Crippen LogP contribution in [0.4, 0.5) is 5.95 Å². The molecule has 2 aromatic rings. The Bertz CT molecular complexity index is 1040. The van der Waals surface area contributed by atoms with E-state index in [1.54, 1.807) is 11.6 Å². The van der Waals surface area contributed by atoms with Crippen molar-refractivity contribution in [2.24, 2.45) is 23.2 Å². The molecule has 0 spiro atoms. The van der Waals surface area contributed by atoms with E-state index in [0.29, 0.717) is 28.7 Å². The molecule has 3 heterocycles. The van der Waals surface area contributed by atoms with E-state index in [-0.39, 0.29) is 11.0 Å². The van der Waals surface area contributed by atoms with Gasteiger partial charge in [0.05, 0.1) is 22.8 Å². The molecule has 0 radical (unpaired) electrons. The molecule has 0 aliphatic carbocycles. The second-order valence-corrected chi connectivity index (χ2v) is 9.62. The van der Waals surface area contributed by atoms with Crippen molar-refractivity contribution in [3.8, 4) is 0 Å². The molecule has 2 aliphatic heterocycles. The Hall–Kier alpha value is -1.83. The first-order valence-corrected chi connectivity index (χ1v) is 11.0. The minimum absolute atomic E-state index is 0.0512. The lowest BCUT2D eigenvalue weighted by Crippen LogP contribution is -2.44. The number of hydrogen-bond acceptors (Lipinski definition) is 6. The third-order valence-corrected chi connectivity index (χ3v) is 7.74. The van der Waals surface area contributed by atoms with E-state index in [1.807, 2.05) is 25.1 Å². The average Bonchev–Trinajstić information content (AvgIpc) is 3.12. The summed E-state index contributed by atoms with van der Waals surface area (Å²) < 4.78 is 1.66. The Balaban J connectivity index is 1.62. The van der Waals surface area contributed by atoms with E-state index < -0.39 is 0 Å². The van der Waals surface area contributed by atoms with Crippen LogP contribution in [0.5, 0.6) is 0 Å². The van der Waals surface area contributed by atoms with Gasteiger partial charge in [0.2, 0.25) is 5.95 Å². The number of nitrogens with two attached hydrogens (primary N) is 1. The summed E-state index contributed by atoms with van der Waals surface area (Å²) in [6.07, 6.45) is 2.00. The van der Waals surface area contributed by atoms with Crippen LogP contribution in [0.2, 0.25) is 5.02 Å². The largest absolute Gasteiger partial charge is 0.342 e. The summed E-state index contributed by atoms with van der Waals surface area (Å²) in [4.78, 5) is 25.8. The fraction of sp³-hybridized carbons (Fsp3) is 0.476. The summed E-state index contributed by atoms with van der Waals surface area (Å²) >= 11 is 7.88. The molecule has 1 saturated heterocycles. The quantitative estimate of drug-likeness (QED) is 0.806. The number of fused-ring (bicyclic) bond motifs is 1. The molecule has 2 N–H and O–H groups in total. The molecule has 154 valence electrons. The molecule has 0 amide bonds. The zero-order valence-corrected chi connectivity index (χ0v) is 18.6. The predicted molar refractivity (Wildman–Crippen MR) is 120 cm³/mol. The fourth-order valence-electron chi connectivity index (χ4n) is 3.81. The molecule has 1 aromatic heterocycles. The van der Waals surface area contributed by atoms with Gasteiger partial charge in [0.1, 0.15) is 5.04 Å². The molecule has 2 aliphatic rings. The van der Waals surface area contributed by atoms with E-state index in [9.17, 15) is 4.79 Å². The number of rotatable bonds is 3. The maximum absolute atomic E-state index is 13.2. The highest BCUT2D eigenvalue weighted by atomic mass is 35.5. The Morgan fingerprint density at radius 2 is 2.03 bits per heavy atom. The van der Waals surface area contributed by atoms with Gasteiger partial charge in [-0.15, -0.1) is 0 Å². The number of thioether (sulfide) groups is 1. The number of piperidine rings is 1. The Kier molecular flexibility index (Phi) is 5.48. The number of aryl methyl sites for hydroxylation is 1. The van der Waals surface area contributed by atoms with Crippen molar-refractivity contribution in [3.05, 3.63) is 50.4 Å². The Morgan fingerprint density at radius 3 is 2.72 bits per heavy atom. The molecule has 6 nitrogen and oxygen atoms in total. The first kappa shape index (κ1) is 20.4. The molecule has 1 fully saturated rings. The van der Waals surface area contributed by atoms with E-state index in [4.69, 9.17) is 22.3 Å². The van der Waals surface area contributed by atoms with Crippen LogP contribution in [0.1, 0.15) is 36.6 Å². The van der Waals surface area contributed by atoms with E-state index >= 15 is 0 Å². The van der Waals surface area contributed by atoms with Crippen molar-refractivity contribution in [2.45, 2.75) is 38.1 Å². The van der Waals surface area contributed by atoms with E-state index in [2.05, 4.69) is 16.8 Å². The topological polar surface area (TPSA) is 76.5 Å². The molecule has 29 heavy (non-hydrogen) atoms. The fourth-order valence-corrected chi connectivity index (χ4v) is 5.09. The standard InChI is InChI=1S/C21H26ClN5OS/c1-13-5-4-6-15(17(13)22)29-18-16-14(11-24-18)25-20(26(3)19(16)28)27-9-7-21(2,12-23)8-10-27/h4-6H,7-12,23H2,1-3H3. The normalized spacial score (nSPS) is 18.0. The van der Waals surface area contributed by atoms with Gasteiger partial charge in [0.15, 0.2) is 0 Å². The monoisotopic (exact) mass is 431 g/mol. The van der Waals surface area contributed by atoms with Crippen molar-refractivity contribution >= 4 is 34.4 Å². The zero-order chi connectivity index (χ0) is 20.8. The van der Waals surface area contributed by atoms with Crippen molar-refractivity contribution in [1.82, 2.24) is 9.55 Å². The zero-order valence-electron chi connectivity index (χ0n) is 17.0. The Labute approximate surface area is 180 Å². The highest BCUT2D eigenvalue weighted by Gasteiger charge is 2.32. The first-order valence-electron chi connectivity index (χ1n) is 9.86. The minimum Gasteiger partial charge on any atom is -0.342 e. The molecule has 0 atom stereocenters. The molecule has 0 bridgehead atoms. The molecule has 1 aromatic carbocycles. The van der Waals surface area contributed by atoms with Crippen LogP contribution in [0.15, 0.2) is 32.9 Å². The summed E-state index contributed by atoms with van der Waals surface area (Å²) in [6, 6.07) is 5.89. The summed E-state index contributed by atoms with van der Waals surface area (Å²) in [5.74, 6) is 0.725. The van der Waals surface area contributed by atoms with Gasteiger partial charge in [-0.1, -0.05) is 42.4 Å². The SMILES string of the molecule is Cc1cccc(SC2=NCc3nc(N4CCC(C)(CN)CC4)n(C)c(=O)c32)c1Cl. The van der Waals surface area contributed by atoms with Gasteiger partial charge in [-0.2, -0.15) is 0 Å². The summed E-state index contributed by atoms with van der Waals surface area (Å²) in [5, 5.41) is 1.40. The number of aliphatic imine (C=N–C) groups is 1.